The molecule has 4 aliphatic rings. The van der Waals surface area contributed by atoms with E-state index < -0.39 is 33.1 Å². The third-order valence-electron chi connectivity index (χ3n) is 9.54. The zero-order chi connectivity index (χ0) is 30.2. The molecule has 0 unspecified atom stereocenters. The van der Waals surface area contributed by atoms with Gasteiger partial charge in [0.25, 0.3) is 10.0 Å². The maximum Gasteiger partial charge on any atom is 0.261 e. The highest BCUT2D eigenvalue weighted by atomic mass is 35.5. The standard InChI is InChI=1S/C31H38ClN3O6S/c1-17(2)33-29(37)18(3)26(34-42(39,40)22-10-8-21(32)9-11-22)28-31-13-14-35(16-19-5-6-19)24(30(31,4)38)15-20-7-12-23(36)27(41-28)25(20)31/h7-12,17,19,24,28,34,36,38H,5-6,13-16H2,1-4H3,(H,33,37)/b26-18-/t24-,28+,30-,31+/m1/s1. The fourth-order valence-corrected chi connectivity index (χ4v) is 8.51. The lowest BCUT2D eigenvalue weighted by molar-refractivity contribution is -0.150. The van der Waals surface area contributed by atoms with E-state index in [1.54, 1.807) is 19.9 Å². The van der Waals surface area contributed by atoms with Crippen molar-refractivity contribution in [3.8, 4) is 11.5 Å². The van der Waals surface area contributed by atoms with Gasteiger partial charge in [0.1, 0.15) is 0 Å². The second kappa shape index (κ2) is 10.1. The van der Waals surface area contributed by atoms with E-state index in [-0.39, 0.29) is 39.7 Å². The highest BCUT2D eigenvalue weighted by Crippen LogP contribution is 2.63. The second-order valence-corrected chi connectivity index (χ2v) is 14.8. The summed E-state index contributed by atoms with van der Waals surface area (Å²) in [5, 5.41) is 26.8. The first kappa shape index (κ1) is 29.3. The number of halogens is 1. The number of ether oxygens (including phenoxy) is 1. The van der Waals surface area contributed by atoms with Crippen molar-refractivity contribution in [2.24, 2.45) is 5.92 Å². The summed E-state index contributed by atoms with van der Waals surface area (Å²) in [4.78, 5) is 15.8. The summed E-state index contributed by atoms with van der Waals surface area (Å²) in [6.45, 7) is 8.55. The fraction of sp³-hybridized carbons (Fsp3) is 0.516. The number of carbonyl (C=O) groups is 1. The van der Waals surface area contributed by atoms with Crippen molar-refractivity contribution < 1.29 is 28.2 Å². The van der Waals surface area contributed by atoms with Crippen LogP contribution in [0.4, 0.5) is 0 Å². The van der Waals surface area contributed by atoms with E-state index in [0.717, 1.165) is 12.1 Å². The fourth-order valence-electron chi connectivity index (χ4n) is 7.23. The molecule has 2 bridgehead atoms. The number of aliphatic hydroxyl groups is 1. The van der Waals surface area contributed by atoms with E-state index in [4.69, 9.17) is 16.3 Å². The summed E-state index contributed by atoms with van der Waals surface area (Å²) >= 11 is 6.02. The van der Waals surface area contributed by atoms with Crippen molar-refractivity contribution in [1.29, 1.82) is 0 Å². The quantitative estimate of drug-likeness (QED) is 0.334. The van der Waals surface area contributed by atoms with Crippen molar-refractivity contribution in [1.82, 2.24) is 14.9 Å². The van der Waals surface area contributed by atoms with Crippen molar-refractivity contribution in [3.63, 3.8) is 0 Å². The molecule has 0 aromatic heterocycles. The number of phenols is 1. The highest BCUT2D eigenvalue weighted by molar-refractivity contribution is 7.89. The van der Waals surface area contributed by atoms with Crippen LogP contribution in [0.1, 0.15) is 58.1 Å². The predicted molar refractivity (Wildman–Crippen MR) is 159 cm³/mol. The molecule has 2 aromatic carbocycles. The Kier molecular flexibility index (Phi) is 7.08. The van der Waals surface area contributed by atoms with E-state index in [9.17, 15) is 23.4 Å². The molecule has 1 saturated carbocycles. The maximum absolute atomic E-state index is 13.8. The van der Waals surface area contributed by atoms with Crippen molar-refractivity contribution >= 4 is 27.5 Å². The minimum Gasteiger partial charge on any atom is -0.504 e. The Balaban J connectivity index is 1.52. The van der Waals surface area contributed by atoms with Gasteiger partial charge in [0, 0.05) is 34.8 Å². The number of carbonyl (C=O) groups excluding carboxylic acids is 1. The molecule has 2 heterocycles. The highest BCUT2D eigenvalue weighted by Gasteiger charge is 2.69. The Morgan fingerprint density at radius 3 is 2.52 bits per heavy atom. The number of piperidine rings is 1. The number of likely N-dealkylation sites (tertiary alicyclic amines) is 1. The molecular formula is C31H38ClN3O6S. The first-order valence-electron chi connectivity index (χ1n) is 14.5. The lowest BCUT2D eigenvalue weighted by atomic mass is 9.53. The molecule has 4 N–H and O–H groups in total. The lowest BCUT2D eigenvalue weighted by Gasteiger charge is -2.60. The summed E-state index contributed by atoms with van der Waals surface area (Å²) in [5.41, 5.74) is -0.709. The molecule has 11 heteroatoms. The molecule has 6 rings (SSSR count). The third-order valence-corrected chi connectivity index (χ3v) is 11.2. The lowest BCUT2D eigenvalue weighted by Crippen LogP contribution is -2.73. The number of amides is 1. The van der Waals surface area contributed by atoms with Gasteiger partial charge in [-0.2, -0.15) is 0 Å². The summed E-state index contributed by atoms with van der Waals surface area (Å²) in [6, 6.07) is 8.75. The van der Waals surface area contributed by atoms with E-state index in [0.29, 0.717) is 35.9 Å². The topological polar surface area (TPSA) is 128 Å². The van der Waals surface area contributed by atoms with E-state index in [2.05, 4.69) is 14.9 Å². The normalized spacial score (nSPS) is 29.0. The molecule has 2 aliphatic heterocycles. The van der Waals surface area contributed by atoms with Crippen LogP contribution in [0.2, 0.25) is 5.02 Å². The Morgan fingerprint density at radius 1 is 1.19 bits per heavy atom. The zero-order valence-corrected chi connectivity index (χ0v) is 25.8. The van der Waals surface area contributed by atoms with Gasteiger partial charge in [0.2, 0.25) is 5.91 Å². The Hall–Kier alpha value is -2.79. The van der Waals surface area contributed by atoms with Crippen LogP contribution in [-0.2, 0) is 26.7 Å². The number of hydrogen-bond donors (Lipinski definition) is 4. The molecule has 1 saturated heterocycles. The minimum atomic E-state index is -4.21. The van der Waals surface area contributed by atoms with Crippen LogP contribution in [0.5, 0.6) is 11.5 Å². The number of aromatic hydroxyl groups is 1. The van der Waals surface area contributed by atoms with Gasteiger partial charge in [-0.1, -0.05) is 17.7 Å². The Labute approximate surface area is 251 Å². The van der Waals surface area contributed by atoms with E-state index in [1.807, 2.05) is 19.9 Å². The van der Waals surface area contributed by atoms with Gasteiger partial charge in [-0.25, -0.2) is 8.42 Å². The summed E-state index contributed by atoms with van der Waals surface area (Å²) in [6.07, 6.45) is 2.28. The summed E-state index contributed by atoms with van der Waals surface area (Å²) < 4.78 is 36.8. The number of phenolic OH excluding ortho intramolecular Hbond substituents is 1. The van der Waals surface area contributed by atoms with Gasteiger partial charge >= 0.3 is 0 Å². The van der Waals surface area contributed by atoms with Crippen LogP contribution >= 0.6 is 11.6 Å². The summed E-state index contributed by atoms with van der Waals surface area (Å²) in [7, 11) is -4.21. The molecular weight excluding hydrogens is 578 g/mol. The van der Waals surface area contributed by atoms with Crippen LogP contribution in [-0.4, -0.2) is 66.3 Å². The molecule has 2 fully saturated rings. The molecule has 4 atom stereocenters. The van der Waals surface area contributed by atoms with Crippen LogP contribution in [0.3, 0.4) is 0 Å². The Bertz CT molecular complexity index is 1570. The van der Waals surface area contributed by atoms with Gasteiger partial charge in [-0.15, -0.1) is 0 Å². The van der Waals surface area contributed by atoms with E-state index >= 15 is 0 Å². The van der Waals surface area contributed by atoms with Crippen molar-refractivity contribution in [2.75, 3.05) is 13.1 Å². The molecule has 226 valence electrons. The molecule has 9 nitrogen and oxygen atoms in total. The van der Waals surface area contributed by atoms with Crippen LogP contribution < -0.4 is 14.8 Å². The second-order valence-electron chi connectivity index (χ2n) is 12.7. The number of fused-ring (bicyclic) bond motifs is 1. The van der Waals surface area contributed by atoms with Gasteiger partial charge in [-0.3, -0.25) is 14.4 Å². The Morgan fingerprint density at radius 2 is 1.88 bits per heavy atom. The maximum atomic E-state index is 13.8. The van der Waals surface area contributed by atoms with Gasteiger partial charge in [0.15, 0.2) is 17.6 Å². The van der Waals surface area contributed by atoms with Gasteiger partial charge < -0.3 is 20.3 Å². The number of sulfonamides is 1. The number of hydrogen-bond acceptors (Lipinski definition) is 7. The number of nitrogens with zero attached hydrogens (tertiary/aromatic N) is 1. The average Bonchev–Trinajstić information content (AvgIpc) is 3.66. The smallest absolute Gasteiger partial charge is 0.261 e. The van der Waals surface area contributed by atoms with E-state index in [1.165, 1.54) is 37.1 Å². The van der Waals surface area contributed by atoms with Crippen LogP contribution in [0, 0.1) is 5.92 Å². The van der Waals surface area contributed by atoms with Crippen LogP contribution in [0.25, 0.3) is 0 Å². The molecule has 2 aliphatic carbocycles. The molecule has 42 heavy (non-hydrogen) atoms. The van der Waals surface area contributed by atoms with Crippen LogP contribution in [0.15, 0.2) is 52.6 Å². The first-order chi connectivity index (χ1) is 19.8. The van der Waals surface area contributed by atoms with Crippen molar-refractivity contribution in [2.45, 2.75) is 87.5 Å². The zero-order valence-electron chi connectivity index (χ0n) is 24.3. The van der Waals surface area contributed by atoms with Gasteiger partial charge in [-0.05, 0) is 102 Å². The minimum absolute atomic E-state index is 0.0289. The summed E-state index contributed by atoms with van der Waals surface area (Å²) in [5.74, 6) is 0.296. The SMILES string of the molecule is C/C(C(=O)NC(C)C)=C(/NS(=O)(=O)c1ccc(Cl)cc1)[C@@H]1Oc2c(O)ccc3c2[C@@]12CCN(CC1CC1)[C@H](C3)[C@@]2(C)O. The molecule has 0 radical (unpaired) electrons. The van der Waals surface area contributed by atoms with Crippen molar-refractivity contribution in [3.05, 3.63) is 63.8 Å². The molecule has 1 spiro atoms. The molecule has 2 aromatic rings. The largest absolute Gasteiger partial charge is 0.504 e. The molecule has 1 amide bonds. The first-order valence-corrected chi connectivity index (χ1v) is 16.4. The average molecular weight is 616 g/mol. The number of benzene rings is 2. The monoisotopic (exact) mass is 615 g/mol. The number of nitrogens with one attached hydrogen (secondary N) is 2. The number of rotatable bonds is 8. The van der Waals surface area contributed by atoms with Gasteiger partial charge in [0.05, 0.1) is 21.6 Å². The predicted octanol–water partition coefficient (Wildman–Crippen LogP) is 3.61. The third kappa shape index (κ3) is 4.58.